The number of fused-ring (bicyclic) bond motifs is 1. The van der Waals surface area contributed by atoms with Crippen LogP contribution in [-0.4, -0.2) is 32.0 Å². The number of aromatic nitrogens is 4. The van der Waals surface area contributed by atoms with Crippen molar-refractivity contribution in [3.63, 3.8) is 0 Å². The lowest BCUT2D eigenvalue weighted by Crippen LogP contribution is -2.29. The zero-order valence-corrected chi connectivity index (χ0v) is 12.9. The molecule has 7 nitrogen and oxygen atoms in total. The lowest BCUT2D eigenvalue weighted by molar-refractivity contribution is -0.117. The van der Waals surface area contributed by atoms with Crippen LogP contribution in [0.5, 0.6) is 0 Å². The molecule has 0 atom stereocenters. The van der Waals surface area contributed by atoms with E-state index in [1.165, 1.54) is 6.33 Å². The molecule has 3 aromatic rings. The molecular weight excluding hydrogens is 292 g/mol. The van der Waals surface area contributed by atoms with Gasteiger partial charge in [0.2, 0.25) is 5.91 Å². The van der Waals surface area contributed by atoms with Gasteiger partial charge in [0.05, 0.1) is 0 Å². The predicted molar refractivity (Wildman–Crippen MR) is 86.8 cm³/mol. The van der Waals surface area contributed by atoms with Gasteiger partial charge in [0.1, 0.15) is 12.1 Å². The molecule has 7 heteroatoms. The van der Waals surface area contributed by atoms with Crippen molar-refractivity contribution in [2.45, 2.75) is 19.9 Å². The molecule has 2 aromatic heterocycles. The molecule has 3 rings (SSSR count). The van der Waals surface area contributed by atoms with E-state index in [1.54, 1.807) is 4.52 Å². The highest BCUT2D eigenvalue weighted by molar-refractivity contribution is 5.74. The van der Waals surface area contributed by atoms with Gasteiger partial charge in [-0.2, -0.15) is 14.6 Å². The van der Waals surface area contributed by atoms with Crippen LogP contribution in [0.2, 0.25) is 0 Å². The van der Waals surface area contributed by atoms with Crippen LogP contribution >= 0.6 is 0 Å². The molecule has 0 saturated carbocycles. The molecule has 2 N–H and O–H groups in total. The number of nitrogens with two attached hydrogens (primary N) is 1. The molecule has 0 aliphatic rings. The summed E-state index contributed by atoms with van der Waals surface area (Å²) in [5, 5.41) is 4.23. The van der Waals surface area contributed by atoms with Gasteiger partial charge in [-0.25, -0.2) is 4.98 Å². The second-order valence-corrected chi connectivity index (χ2v) is 5.35. The Morgan fingerprint density at radius 2 is 2.09 bits per heavy atom. The summed E-state index contributed by atoms with van der Waals surface area (Å²) >= 11 is 0. The third kappa shape index (κ3) is 3.45. The Morgan fingerprint density at radius 3 is 2.83 bits per heavy atom. The maximum absolute atomic E-state index is 11.2. The Bertz CT molecular complexity index is 814. The maximum Gasteiger partial charge on any atom is 0.254 e. The summed E-state index contributed by atoms with van der Waals surface area (Å²) in [7, 11) is 0. The fourth-order valence-corrected chi connectivity index (χ4v) is 2.46. The van der Waals surface area contributed by atoms with Crippen LogP contribution in [0.4, 0.5) is 5.82 Å². The van der Waals surface area contributed by atoms with Crippen molar-refractivity contribution in [2.75, 3.05) is 11.4 Å². The summed E-state index contributed by atoms with van der Waals surface area (Å²) < 4.78 is 1.68. The van der Waals surface area contributed by atoms with Crippen molar-refractivity contribution in [1.82, 2.24) is 19.6 Å². The Morgan fingerprint density at radius 1 is 1.30 bits per heavy atom. The number of hydrogen-bond donors (Lipinski definition) is 1. The molecule has 0 fully saturated rings. The number of rotatable bonds is 6. The van der Waals surface area contributed by atoms with E-state index in [2.05, 4.69) is 20.0 Å². The standard InChI is InChI=1S/C16H18N6O/c1-12-9-15(22-16(20-12)18-11-19-22)21(8-7-14(17)23)10-13-5-3-2-4-6-13/h2-6,9,11H,7-8,10H2,1H3,(H2,17,23). The van der Waals surface area contributed by atoms with Crippen LogP contribution in [0.3, 0.4) is 0 Å². The first-order chi connectivity index (χ1) is 11.1. The van der Waals surface area contributed by atoms with E-state index in [0.29, 0.717) is 18.9 Å². The zero-order chi connectivity index (χ0) is 16.2. The van der Waals surface area contributed by atoms with Gasteiger partial charge < -0.3 is 10.6 Å². The summed E-state index contributed by atoms with van der Waals surface area (Å²) in [4.78, 5) is 21.8. The number of hydrogen-bond acceptors (Lipinski definition) is 5. The Hall–Kier alpha value is -2.96. The molecule has 0 bridgehead atoms. The van der Waals surface area contributed by atoms with Gasteiger partial charge in [0.15, 0.2) is 0 Å². The summed E-state index contributed by atoms with van der Waals surface area (Å²) in [5.41, 5.74) is 7.31. The minimum atomic E-state index is -0.330. The number of carbonyl (C=O) groups excluding carboxylic acids is 1. The van der Waals surface area contributed by atoms with Gasteiger partial charge in [-0.3, -0.25) is 4.79 Å². The van der Waals surface area contributed by atoms with Gasteiger partial charge in [-0.15, -0.1) is 0 Å². The number of primary amides is 1. The lowest BCUT2D eigenvalue weighted by Gasteiger charge is -2.25. The quantitative estimate of drug-likeness (QED) is 0.741. The van der Waals surface area contributed by atoms with E-state index in [-0.39, 0.29) is 12.3 Å². The number of amides is 1. The molecule has 0 aliphatic carbocycles. The van der Waals surface area contributed by atoms with Crippen molar-refractivity contribution in [3.8, 4) is 0 Å². The smallest absolute Gasteiger partial charge is 0.254 e. The van der Waals surface area contributed by atoms with E-state index < -0.39 is 0 Å². The first kappa shape index (κ1) is 15.0. The molecule has 1 amide bonds. The third-order valence-electron chi connectivity index (χ3n) is 3.53. The fourth-order valence-electron chi connectivity index (χ4n) is 2.46. The van der Waals surface area contributed by atoms with Gasteiger partial charge in [0.25, 0.3) is 5.78 Å². The Balaban J connectivity index is 1.98. The summed E-state index contributed by atoms with van der Waals surface area (Å²) in [5.74, 6) is 1.05. The second-order valence-electron chi connectivity index (χ2n) is 5.35. The summed E-state index contributed by atoms with van der Waals surface area (Å²) in [6.07, 6.45) is 1.74. The van der Waals surface area contributed by atoms with Crippen molar-refractivity contribution in [1.29, 1.82) is 0 Å². The van der Waals surface area contributed by atoms with Crippen LogP contribution in [-0.2, 0) is 11.3 Å². The van der Waals surface area contributed by atoms with E-state index in [4.69, 9.17) is 5.73 Å². The predicted octanol–water partition coefficient (Wildman–Crippen LogP) is 1.31. The number of benzene rings is 1. The molecule has 0 saturated heterocycles. The molecule has 2 heterocycles. The first-order valence-electron chi connectivity index (χ1n) is 7.38. The van der Waals surface area contributed by atoms with E-state index in [0.717, 1.165) is 17.1 Å². The minimum absolute atomic E-state index is 0.268. The summed E-state index contributed by atoms with van der Waals surface area (Å²) in [6, 6.07) is 12.0. The van der Waals surface area contributed by atoms with Crippen LogP contribution in [0, 0.1) is 6.92 Å². The maximum atomic E-state index is 11.2. The topological polar surface area (TPSA) is 89.4 Å². The first-order valence-corrected chi connectivity index (χ1v) is 7.38. The lowest BCUT2D eigenvalue weighted by atomic mass is 10.2. The number of anilines is 1. The zero-order valence-electron chi connectivity index (χ0n) is 12.9. The van der Waals surface area contributed by atoms with E-state index >= 15 is 0 Å². The molecule has 0 spiro atoms. The highest BCUT2D eigenvalue weighted by Gasteiger charge is 2.15. The molecule has 23 heavy (non-hydrogen) atoms. The second kappa shape index (κ2) is 6.43. The highest BCUT2D eigenvalue weighted by atomic mass is 16.1. The minimum Gasteiger partial charge on any atom is -0.370 e. The van der Waals surface area contributed by atoms with E-state index in [9.17, 15) is 4.79 Å². The SMILES string of the molecule is Cc1cc(N(CCC(N)=O)Cc2ccccc2)n2ncnc2n1. The third-order valence-corrected chi connectivity index (χ3v) is 3.53. The molecule has 1 aromatic carbocycles. The van der Waals surface area contributed by atoms with Crippen LogP contribution in [0.25, 0.3) is 5.78 Å². The van der Waals surface area contributed by atoms with Crippen molar-refractivity contribution in [2.24, 2.45) is 5.73 Å². The number of carbonyl (C=O) groups is 1. The van der Waals surface area contributed by atoms with E-state index in [1.807, 2.05) is 43.3 Å². The molecule has 0 unspecified atom stereocenters. The van der Waals surface area contributed by atoms with Gasteiger partial charge >= 0.3 is 0 Å². The van der Waals surface area contributed by atoms with Crippen LogP contribution in [0.1, 0.15) is 17.7 Å². The van der Waals surface area contributed by atoms with Gasteiger partial charge in [-0.05, 0) is 12.5 Å². The number of aryl methyl sites for hydroxylation is 1. The van der Waals surface area contributed by atoms with Gasteiger partial charge in [-0.1, -0.05) is 30.3 Å². The average molecular weight is 310 g/mol. The monoisotopic (exact) mass is 310 g/mol. The Labute approximate surface area is 133 Å². The summed E-state index contributed by atoms with van der Waals surface area (Å²) in [6.45, 7) is 3.06. The largest absolute Gasteiger partial charge is 0.370 e. The van der Waals surface area contributed by atoms with Crippen molar-refractivity contribution < 1.29 is 4.79 Å². The van der Waals surface area contributed by atoms with Crippen molar-refractivity contribution in [3.05, 3.63) is 54.0 Å². The van der Waals surface area contributed by atoms with Gasteiger partial charge in [0, 0.05) is 31.3 Å². The van der Waals surface area contributed by atoms with Crippen LogP contribution < -0.4 is 10.6 Å². The molecule has 118 valence electrons. The van der Waals surface area contributed by atoms with Crippen molar-refractivity contribution >= 4 is 17.5 Å². The molecular formula is C16H18N6O. The molecule has 0 aliphatic heterocycles. The normalized spacial score (nSPS) is 10.8. The molecule has 0 radical (unpaired) electrons. The fraction of sp³-hybridized carbons (Fsp3) is 0.250. The highest BCUT2D eigenvalue weighted by Crippen LogP contribution is 2.19. The number of nitrogens with zero attached hydrogens (tertiary/aromatic N) is 5. The average Bonchev–Trinajstić information content (AvgIpc) is 2.99. The Kier molecular flexibility index (Phi) is 4.18. The van der Waals surface area contributed by atoms with Crippen LogP contribution in [0.15, 0.2) is 42.7 Å².